The van der Waals surface area contributed by atoms with Gasteiger partial charge in [-0.3, -0.25) is 4.99 Å². The maximum atomic E-state index is 6.09. The Balaban J connectivity index is 1.60. The third-order valence-electron chi connectivity index (χ3n) is 4.89. The van der Waals surface area contributed by atoms with E-state index in [2.05, 4.69) is 28.6 Å². The van der Waals surface area contributed by atoms with Gasteiger partial charge in [-0.15, -0.1) is 0 Å². The van der Waals surface area contributed by atoms with Crippen molar-refractivity contribution in [1.82, 2.24) is 9.80 Å². The molecule has 4 heteroatoms. The molecule has 116 valence electrons. The first kappa shape index (κ1) is 15.6. The number of nitrogens with zero attached hydrogens (tertiary/aromatic N) is 3. The predicted molar refractivity (Wildman–Crippen MR) is 85.9 cm³/mol. The lowest BCUT2D eigenvalue weighted by molar-refractivity contribution is 0.191. The minimum atomic E-state index is 0.768. The van der Waals surface area contributed by atoms with Crippen LogP contribution in [0, 0.1) is 11.8 Å². The molecule has 0 atom stereocenters. The Kier molecular flexibility index (Phi) is 6.14. The first-order chi connectivity index (χ1) is 9.65. The fourth-order valence-corrected chi connectivity index (χ4v) is 3.11. The van der Waals surface area contributed by atoms with Crippen LogP contribution in [-0.4, -0.2) is 55.0 Å². The highest BCUT2D eigenvalue weighted by Gasteiger charge is 2.17. The molecule has 0 unspecified atom stereocenters. The zero-order valence-corrected chi connectivity index (χ0v) is 13.4. The lowest BCUT2D eigenvalue weighted by atomic mass is 9.99. The highest BCUT2D eigenvalue weighted by Crippen LogP contribution is 2.16. The number of likely N-dealkylation sites (tertiary alicyclic amines) is 2. The Morgan fingerprint density at radius 2 is 1.55 bits per heavy atom. The van der Waals surface area contributed by atoms with Crippen LogP contribution < -0.4 is 5.73 Å². The van der Waals surface area contributed by atoms with Gasteiger partial charge in [0, 0.05) is 19.6 Å². The van der Waals surface area contributed by atoms with Gasteiger partial charge in [-0.1, -0.05) is 13.8 Å². The summed E-state index contributed by atoms with van der Waals surface area (Å²) in [6.45, 7) is 11.5. The van der Waals surface area contributed by atoms with Crippen molar-refractivity contribution in [2.45, 2.75) is 46.0 Å². The van der Waals surface area contributed by atoms with Gasteiger partial charge in [0.15, 0.2) is 5.96 Å². The van der Waals surface area contributed by atoms with E-state index in [9.17, 15) is 0 Å². The van der Waals surface area contributed by atoms with Crippen molar-refractivity contribution in [3.63, 3.8) is 0 Å². The third-order valence-corrected chi connectivity index (χ3v) is 4.89. The van der Waals surface area contributed by atoms with Gasteiger partial charge >= 0.3 is 0 Å². The molecule has 2 N–H and O–H groups in total. The van der Waals surface area contributed by atoms with Crippen molar-refractivity contribution in [1.29, 1.82) is 0 Å². The predicted octanol–water partition coefficient (Wildman–Crippen LogP) is 2.16. The summed E-state index contributed by atoms with van der Waals surface area (Å²) in [4.78, 5) is 9.40. The van der Waals surface area contributed by atoms with Gasteiger partial charge in [0.1, 0.15) is 0 Å². The molecule has 2 aliphatic heterocycles. The van der Waals surface area contributed by atoms with E-state index in [1.54, 1.807) is 0 Å². The van der Waals surface area contributed by atoms with E-state index >= 15 is 0 Å². The first-order valence-electron chi connectivity index (χ1n) is 8.42. The van der Waals surface area contributed by atoms with Gasteiger partial charge in [-0.2, -0.15) is 0 Å². The molecule has 0 aromatic heterocycles. The van der Waals surface area contributed by atoms with Crippen LogP contribution >= 0.6 is 0 Å². The van der Waals surface area contributed by atoms with Gasteiger partial charge in [0.05, 0.1) is 0 Å². The maximum Gasteiger partial charge on any atom is 0.191 e. The van der Waals surface area contributed by atoms with Crippen LogP contribution in [-0.2, 0) is 0 Å². The molecule has 2 fully saturated rings. The number of rotatable bonds is 4. The minimum Gasteiger partial charge on any atom is -0.370 e. The number of hydrogen-bond donors (Lipinski definition) is 1. The van der Waals surface area contributed by atoms with E-state index in [0.717, 1.165) is 43.9 Å². The van der Waals surface area contributed by atoms with Crippen molar-refractivity contribution in [2.24, 2.45) is 22.6 Å². The first-order valence-corrected chi connectivity index (χ1v) is 8.42. The van der Waals surface area contributed by atoms with Crippen LogP contribution in [0.1, 0.15) is 46.0 Å². The molecule has 2 aliphatic rings. The van der Waals surface area contributed by atoms with Crippen LogP contribution in [0.2, 0.25) is 0 Å². The second-order valence-corrected chi connectivity index (χ2v) is 6.79. The Morgan fingerprint density at radius 1 is 1.00 bits per heavy atom. The highest BCUT2D eigenvalue weighted by molar-refractivity contribution is 5.78. The van der Waals surface area contributed by atoms with Gasteiger partial charge < -0.3 is 15.5 Å². The number of nitrogens with two attached hydrogens (primary N) is 1. The van der Waals surface area contributed by atoms with Crippen molar-refractivity contribution in [3.05, 3.63) is 0 Å². The fourth-order valence-electron chi connectivity index (χ4n) is 3.11. The van der Waals surface area contributed by atoms with E-state index in [4.69, 9.17) is 5.73 Å². The summed E-state index contributed by atoms with van der Waals surface area (Å²) in [5.41, 5.74) is 6.09. The van der Waals surface area contributed by atoms with E-state index < -0.39 is 0 Å². The molecule has 0 saturated carbocycles. The molecule has 0 bridgehead atoms. The fraction of sp³-hybridized carbons (Fsp3) is 0.938. The summed E-state index contributed by atoms with van der Waals surface area (Å²) in [5, 5.41) is 0. The number of piperidine rings is 2. The summed E-state index contributed by atoms with van der Waals surface area (Å²) in [7, 11) is 0. The molecule has 0 radical (unpaired) electrons. The molecule has 20 heavy (non-hydrogen) atoms. The lowest BCUT2D eigenvalue weighted by Gasteiger charge is -2.31. The molecule has 2 rings (SSSR count). The van der Waals surface area contributed by atoms with Gasteiger partial charge in [-0.05, 0) is 63.6 Å². The summed E-state index contributed by atoms with van der Waals surface area (Å²) in [5.74, 6) is 2.53. The average Bonchev–Trinajstić information content (AvgIpc) is 2.46. The normalized spacial score (nSPS) is 24.3. The smallest absolute Gasteiger partial charge is 0.191 e. The third kappa shape index (κ3) is 4.97. The van der Waals surface area contributed by atoms with Crippen LogP contribution in [0.5, 0.6) is 0 Å². The molecular weight excluding hydrogens is 248 g/mol. The maximum absolute atomic E-state index is 6.09. The van der Waals surface area contributed by atoms with Crippen LogP contribution in [0.25, 0.3) is 0 Å². The average molecular weight is 280 g/mol. The summed E-state index contributed by atoms with van der Waals surface area (Å²) in [6.07, 6.45) is 6.36. The van der Waals surface area contributed by atoms with Crippen molar-refractivity contribution < 1.29 is 0 Å². The van der Waals surface area contributed by atoms with E-state index in [1.807, 2.05) is 0 Å². The lowest BCUT2D eigenvalue weighted by Crippen LogP contribution is -2.42. The van der Waals surface area contributed by atoms with E-state index in [1.165, 1.54) is 45.3 Å². The van der Waals surface area contributed by atoms with Crippen molar-refractivity contribution in [3.8, 4) is 0 Å². The molecule has 4 nitrogen and oxygen atoms in total. The molecule has 0 spiro atoms. The van der Waals surface area contributed by atoms with Gasteiger partial charge in [-0.25, -0.2) is 0 Å². The second-order valence-electron chi connectivity index (χ2n) is 6.79. The van der Waals surface area contributed by atoms with Gasteiger partial charge in [0.2, 0.25) is 0 Å². The molecule has 2 saturated heterocycles. The van der Waals surface area contributed by atoms with Crippen molar-refractivity contribution in [2.75, 3.05) is 39.3 Å². The molecule has 2 heterocycles. The SMILES string of the molecule is CC1CCN(CCCN=C(N)N2CCC(C)CC2)CC1. The summed E-state index contributed by atoms with van der Waals surface area (Å²) >= 11 is 0. The largest absolute Gasteiger partial charge is 0.370 e. The summed E-state index contributed by atoms with van der Waals surface area (Å²) < 4.78 is 0. The number of hydrogen-bond acceptors (Lipinski definition) is 2. The Morgan fingerprint density at radius 3 is 2.15 bits per heavy atom. The minimum absolute atomic E-state index is 0.768. The highest BCUT2D eigenvalue weighted by atomic mass is 15.3. The summed E-state index contributed by atoms with van der Waals surface area (Å²) in [6, 6.07) is 0. The quantitative estimate of drug-likeness (QED) is 0.487. The molecule has 0 aliphatic carbocycles. The molecular formula is C16H32N4. The Bertz CT molecular complexity index is 300. The van der Waals surface area contributed by atoms with Crippen LogP contribution in [0.3, 0.4) is 0 Å². The van der Waals surface area contributed by atoms with Crippen LogP contribution in [0.4, 0.5) is 0 Å². The molecule has 0 amide bonds. The number of aliphatic imine (C=N–C) groups is 1. The zero-order chi connectivity index (χ0) is 14.4. The standard InChI is InChI=1S/C16H32N4/c1-14-4-10-19(11-5-14)9-3-8-18-16(17)20-12-6-15(2)7-13-20/h14-15H,3-13H2,1-2H3,(H2,17,18). The van der Waals surface area contributed by atoms with E-state index in [-0.39, 0.29) is 0 Å². The second kappa shape index (κ2) is 7.87. The van der Waals surface area contributed by atoms with E-state index in [0.29, 0.717) is 0 Å². The van der Waals surface area contributed by atoms with Crippen molar-refractivity contribution >= 4 is 5.96 Å². The molecule has 0 aromatic rings. The zero-order valence-electron chi connectivity index (χ0n) is 13.4. The molecule has 0 aromatic carbocycles. The topological polar surface area (TPSA) is 44.9 Å². The Labute approximate surface area is 124 Å². The monoisotopic (exact) mass is 280 g/mol. The Hall–Kier alpha value is -0.770. The van der Waals surface area contributed by atoms with Gasteiger partial charge in [0.25, 0.3) is 0 Å². The number of guanidine groups is 1. The van der Waals surface area contributed by atoms with Crippen LogP contribution in [0.15, 0.2) is 4.99 Å².